The number of fused-ring (bicyclic) bond motifs is 1. The molecule has 318 valence electrons. The van der Waals surface area contributed by atoms with Crippen molar-refractivity contribution < 1.29 is 32.2 Å². The van der Waals surface area contributed by atoms with Crippen molar-refractivity contribution in [2.75, 3.05) is 56.0 Å². The van der Waals surface area contributed by atoms with Gasteiger partial charge in [0.25, 0.3) is 0 Å². The molecule has 4 aromatic carbocycles. The first kappa shape index (κ1) is 43.9. The Labute approximate surface area is 354 Å². The highest BCUT2D eigenvalue weighted by Gasteiger charge is 2.23. The normalized spacial score (nSPS) is 13.8. The molecule has 1 aliphatic heterocycles. The van der Waals surface area contributed by atoms with Crippen LogP contribution >= 0.6 is 0 Å². The minimum Gasteiger partial charge on any atom is -0.496 e. The first-order valence-electron chi connectivity index (χ1n) is 20.4. The lowest BCUT2D eigenvalue weighted by atomic mass is 9.86. The van der Waals surface area contributed by atoms with Gasteiger partial charge in [-0.3, -0.25) is 14.5 Å². The Balaban J connectivity index is 1.12. The number of pyridine rings is 1. The lowest BCUT2D eigenvalue weighted by Gasteiger charge is -2.28. The zero-order valence-electron chi connectivity index (χ0n) is 35.7. The number of methoxy groups -OCH3 is 2. The molecule has 0 radical (unpaired) electrons. The van der Waals surface area contributed by atoms with Crippen molar-refractivity contribution in [1.82, 2.24) is 9.88 Å². The first-order chi connectivity index (χ1) is 28.6. The summed E-state index contributed by atoms with van der Waals surface area (Å²) in [5.41, 5.74) is 3.84. The molecular weight excluding hydrogens is 779 g/mol. The number of aromatic nitrogens is 1. The van der Waals surface area contributed by atoms with Crippen molar-refractivity contribution in [3.8, 4) is 23.0 Å². The number of carbonyl (C=O) groups is 2. The summed E-state index contributed by atoms with van der Waals surface area (Å²) in [7, 11) is 1.56. The molecule has 1 aliphatic rings. The van der Waals surface area contributed by atoms with Crippen LogP contribution in [0.5, 0.6) is 23.0 Å². The number of ketones is 1. The van der Waals surface area contributed by atoms with E-state index >= 15 is 0 Å². The van der Waals surface area contributed by atoms with Crippen LogP contribution in [-0.4, -0.2) is 70.7 Å². The maximum atomic E-state index is 13.5. The van der Waals surface area contributed by atoms with Gasteiger partial charge < -0.3 is 29.7 Å². The van der Waals surface area contributed by atoms with Crippen LogP contribution in [0.25, 0.3) is 10.8 Å². The van der Waals surface area contributed by atoms with Crippen molar-refractivity contribution in [3.05, 3.63) is 107 Å². The Morgan fingerprint density at radius 1 is 0.833 bits per heavy atom. The number of ether oxygens (including phenoxy) is 3. The highest BCUT2D eigenvalue weighted by Crippen LogP contribution is 2.40. The van der Waals surface area contributed by atoms with Gasteiger partial charge in [-0.05, 0) is 104 Å². The predicted molar refractivity (Wildman–Crippen MR) is 240 cm³/mol. The number of anilines is 3. The van der Waals surface area contributed by atoms with Gasteiger partial charge in [-0.25, -0.2) is 13.2 Å². The second-order valence-corrected chi connectivity index (χ2v) is 18.4. The third-order valence-corrected chi connectivity index (χ3v) is 11.5. The van der Waals surface area contributed by atoms with Crippen molar-refractivity contribution in [1.29, 1.82) is 0 Å². The number of hydrogen-bond acceptors (Lipinski definition) is 9. The number of rotatable bonds is 16. The number of urea groups is 1. The van der Waals surface area contributed by atoms with Gasteiger partial charge in [-0.2, -0.15) is 0 Å². The molecule has 1 fully saturated rings. The average molecular weight is 836 g/mol. The predicted octanol–water partition coefficient (Wildman–Crippen LogP) is 10.0. The second kappa shape index (κ2) is 19.2. The molecule has 5 aromatic rings. The highest BCUT2D eigenvalue weighted by atomic mass is 32.2. The molecule has 2 heterocycles. The summed E-state index contributed by atoms with van der Waals surface area (Å²) in [5.74, 6) is 2.80. The van der Waals surface area contributed by atoms with Crippen LogP contribution in [0.3, 0.4) is 0 Å². The zero-order valence-corrected chi connectivity index (χ0v) is 36.5. The Morgan fingerprint density at radius 2 is 1.55 bits per heavy atom. The summed E-state index contributed by atoms with van der Waals surface area (Å²) >= 11 is 0. The molecule has 0 saturated carbocycles. The topological polar surface area (TPSA) is 148 Å². The molecule has 6 rings (SSSR count). The van der Waals surface area contributed by atoms with Crippen LogP contribution in [-0.2, 0) is 21.9 Å². The zero-order chi connectivity index (χ0) is 43.0. The van der Waals surface area contributed by atoms with E-state index in [2.05, 4.69) is 32.3 Å². The number of benzene rings is 4. The first-order valence-corrected chi connectivity index (χ1v) is 22.3. The van der Waals surface area contributed by atoms with Gasteiger partial charge in [-0.1, -0.05) is 63.9 Å². The SMILES string of the molecule is COc1cc(Cc2cc(Oc3ccc(NC(=O)Nc4cc(C(C)(C)C)cc(NS(C)(=O)=O)c4OC)c4ccccc34)ccn2)ccc1C(=O)CCCCC1CCN(C)CC1. The molecule has 0 bridgehead atoms. The molecule has 1 saturated heterocycles. The third-order valence-electron chi connectivity index (χ3n) is 10.9. The molecule has 3 N–H and O–H groups in total. The van der Waals surface area contributed by atoms with Crippen LogP contribution in [0.2, 0.25) is 0 Å². The summed E-state index contributed by atoms with van der Waals surface area (Å²) < 4.78 is 44.6. The Morgan fingerprint density at radius 3 is 2.25 bits per heavy atom. The smallest absolute Gasteiger partial charge is 0.323 e. The van der Waals surface area contributed by atoms with Crippen molar-refractivity contribution in [2.24, 2.45) is 5.92 Å². The van der Waals surface area contributed by atoms with Crippen molar-refractivity contribution in [3.63, 3.8) is 0 Å². The van der Waals surface area contributed by atoms with Gasteiger partial charge in [0.05, 0.1) is 43.1 Å². The van der Waals surface area contributed by atoms with Crippen LogP contribution in [0.1, 0.15) is 86.5 Å². The standard InChI is InChI=1S/C47H57N5O7S/c1-47(2,3)33-28-40(45(58-6)41(29-33)51-60(7,55)56)50-46(54)49-39-18-19-43(37-14-10-9-13-36(37)39)59-35-20-23-48-34(30-35)26-32-16-17-38(44(27-32)57-5)42(53)15-11-8-12-31-21-24-52(4)25-22-31/h9-10,13-14,16-20,23,27-31,51H,8,11-12,15,21-22,24-26H2,1-7H3,(H2,49,50,54). The van der Waals surface area contributed by atoms with Gasteiger partial charge >= 0.3 is 6.03 Å². The third kappa shape index (κ3) is 11.5. The number of Topliss-reactive ketones (excluding diaryl/α,β-unsaturated/α-hetero) is 1. The molecular formula is C47H57N5O7S. The Kier molecular flexibility index (Phi) is 14.0. The fourth-order valence-corrected chi connectivity index (χ4v) is 8.18. The molecule has 1 aromatic heterocycles. The van der Waals surface area contributed by atoms with Crippen LogP contribution in [0, 0.1) is 5.92 Å². The number of sulfonamides is 1. The Hall–Kier alpha value is -5.66. The summed E-state index contributed by atoms with van der Waals surface area (Å²) in [6.07, 6.45) is 9.41. The number of piperidine rings is 1. The van der Waals surface area contributed by atoms with E-state index in [1.54, 1.807) is 43.6 Å². The molecule has 60 heavy (non-hydrogen) atoms. The van der Waals surface area contributed by atoms with Crippen LogP contribution in [0.4, 0.5) is 21.9 Å². The molecule has 0 spiro atoms. The number of hydrogen-bond donors (Lipinski definition) is 3. The number of carbonyl (C=O) groups excluding carboxylic acids is 2. The van der Waals surface area contributed by atoms with E-state index < -0.39 is 16.1 Å². The summed E-state index contributed by atoms with van der Waals surface area (Å²) in [4.78, 5) is 33.7. The largest absolute Gasteiger partial charge is 0.496 e. The van der Waals surface area contributed by atoms with Gasteiger partial charge in [0, 0.05) is 41.6 Å². The van der Waals surface area contributed by atoms with Crippen molar-refractivity contribution in [2.45, 2.75) is 71.1 Å². The van der Waals surface area contributed by atoms with Crippen molar-refractivity contribution >= 4 is 49.7 Å². The minimum absolute atomic E-state index is 0.105. The van der Waals surface area contributed by atoms with Crippen LogP contribution in [0.15, 0.2) is 85.1 Å². The summed E-state index contributed by atoms with van der Waals surface area (Å²) in [6.45, 7) is 8.30. The second-order valence-electron chi connectivity index (χ2n) is 16.7. The monoisotopic (exact) mass is 835 g/mol. The number of amides is 2. The Bertz CT molecular complexity index is 2440. The van der Waals surface area contributed by atoms with Gasteiger partial charge in [0.1, 0.15) is 17.2 Å². The summed E-state index contributed by atoms with van der Waals surface area (Å²) in [6, 6.07) is 23.5. The number of likely N-dealkylation sites (tertiary alicyclic amines) is 1. The molecule has 2 amide bonds. The van der Waals surface area contributed by atoms with Gasteiger partial charge in [0.15, 0.2) is 11.5 Å². The van der Waals surface area contributed by atoms with E-state index in [0.717, 1.165) is 52.6 Å². The summed E-state index contributed by atoms with van der Waals surface area (Å²) in [5, 5.41) is 7.31. The van der Waals surface area contributed by atoms with E-state index in [1.165, 1.54) is 39.5 Å². The molecule has 0 aliphatic carbocycles. The van der Waals surface area contributed by atoms with Crippen LogP contribution < -0.4 is 29.6 Å². The fraction of sp³-hybridized carbons (Fsp3) is 0.383. The maximum Gasteiger partial charge on any atom is 0.323 e. The van der Waals surface area contributed by atoms with E-state index in [9.17, 15) is 18.0 Å². The van der Waals surface area contributed by atoms with E-state index in [4.69, 9.17) is 14.2 Å². The lowest BCUT2D eigenvalue weighted by molar-refractivity contribution is 0.0975. The minimum atomic E-state index is -3.64. The molecule has 0 unspecified atom stereocenters. The highest BCUT2D eigenvalue weighted by molar-refractivity contribution is 7.92. The molecule has 0 atom stereocenters. The van der Waals surface area contributed by atoms with E-state index in [0.29, 0.717) is 47.0 Å². The number of unbranched alkanes of at least 4 members (excludes halogenated alkanes) is 1. The number of nitrogens with zero attached hydrogens (tertiary/aromatic N) is 2. The van der Waals surface area contributed by atoms with E-state index in [1.807, 2.05) is 69.3 Å². The maximum absolute atomic E-state index is 13.5. The number of nitrogens with one attached hydrogen (secondary N) is 3. The van der Waals surface area contributed by atoms with Gasteiger partial charge in [-0.15, -0.1) is 0 Å². The lowest BCUT2D eigenvalue weighted by Crippen LogP contribution is -2.30. The van der Waals surface area contributed by atoms with Gasteiger partial charge in [0.2, 0.25) is 10.0 Å². The molecule has 12 nitrogen and oxygen atoms in total. The average Bonchev–Trinajstić information content (AvgIpc) is 3.20. The molecule has 13 heteroatoms. The fourth-order valence-electron chi connectivity index (χ4n) is 7.63. The quantitative estimate of drug-likeness (QED) is 0.0653. The van der Waals surface area contributed by atoms with E-state index in [-0.39, 0.29) is 22.6 Å².